The highest BCUT2D eigenvalue weighted by Crippen LogP contribution is 2.17. The zero-order valence-corrected chi connectivity index (χ0v) is 11.3. The molecule has 0 atom stereocenters. The number of piperidine rings is 1. The molecule has 0 radical (unpaired) electrons. The average molecular weight is 240 g/mol. The summed E-state index contributed by atoms with van der Waals surface area (Å²) in [5, 5.41) is 0. The van der Waals surface area contributed by atoms with Gasteiger partial charge in [-0.3, -0.25) is 4.90 Å². The molecule has 0 bridgehead atoms. The molecule has 0 aromatic heterocycles. The second-order valence-electron chi connectivity index (χ2n) is 5.55. The van der Waals surface area contributed by atoms with Crippen LogP contribution in [0, 0.1) is 0 Å². The van der Waals surface area contributed by atoms with Crippen LogP contribution < -0.4 is 5.73 Å². The van der Waals surface area contributed by atoms with Gasteiger partial charge in [0.2, 0.25) is 0 Å². The highest BCUT2D eigenvalue weighted by atomic mass is 15.3. The molecule has 0 aliphatic carbocycles. The minimum Gasteiger partial charge on any atom is -0.330 e. The lowest BCUT2D eigenvalue weighted by molar-refractivity contribution is 0.0645. The number of piperazine rings is 1. The van der Waals surface area contributed by atoms with Crippen LogP contribution in [0.2, 0.25) is 0 Å². The van der Waals surface area contributed by atoms with Crippen LogP contribution in [0.1, 0.15) is 19.3 Å². The van der Waals surface area contributed by atoms with Gasteiger partial charge < -0.3 is 15.5 Å². The maximum Gasteiger partial charge on any atom is 0.0121 e. The molecular formula is C13H28N4. The summed E-state index contributed by atoms with van der Waals surface area (Å²) in [4.78, 5) is 7.73. The first-order valence-corrected chi connectivity index (χ1v) is 7.14. The van der Waals surface area contributed by atoms with E-state index < -0.39 is 0 Å². The standard InChI is InChI=1S/C13H28N4/c1-15-7-3-13(4-8-15)17-11-9-16(10-12-17)6-2-5-14/h13H,2-12,14H2,1H3. The van der Waals surface area contributed by atoms with Gasteiger partial charge in [0.15, 0.2) is 0 Å². The summed E-state index contributed by atoms with van der Waals surface area (Å²) < 4.78 is 0. The van der Waals surface area contributed by atoms with Gasteiger partial charge in [0.05, 0.1) is 0 Å². The Morgan fingerprint density at radius 1 is 1.00 bits per heavy atom. The lowest BCUT2D eigenvalue weighted by atomic mass is 10.0. The summed E-state index contributed by atoms with van der Waals surface area (Å²) >= 11 is 0. The monoisotopic (exact) mass is 240 g/mol. The predicted molar refractivity (Wildman–Crippen MR) is 72.2 cm³/mol. The minimum atomic E-state index is 0.829. The maximum atomic E-state index is 5.56. The molecular weight excluding hydrogens is 212 g/mol. The fourth-order valence-corrected chi connectivity index (χ4v) is 3.03. The van der Waals surface area contributed by atoms with E-state index >= 15 is 0 Å². The van der Waals surface area contributed by atoms with Crippen molar-refractivity contribution >= 4 is 0 Å². The van der Waals surface area contributed by atoms with Crippen molar-refractivity contribution in [2.75, 3.05) is 59.4 Å². The van der Waals surface area contributed by atoms with E-state index in [-0.39, 0.29) is 0 Å². The van der Waals surface area contributed by atoms with Crippen LogP contribution in [-0.2, 0) is 0 Å². The predicted octanol–water partition coefficient (Wildman–Crippen LogP) is 0.0470. The number of rotatable bonds is 4. The number of nitrogens with zero attached hydrogens (tertiary/aromatic N) is 3. The molecule has 100 valence electrons. The van der Waals surface area contributed by atoms with Crippen molar-refractivity contribution in [3.63, 3.8) is 0 Å². The van der Waals surface area contributed by atoms with Crippen LogP contribution in [0.25, 0.3) is 0 Å². The zero-order valence-electron chi connectivity index (χ0n) is 11.3. The topological polar surface area (TPSA) is 35.7 Å². The molecule has 2 aliphatic rings. The van der Waals surface area contributed by atoms with Gasteiger partial charge in [0.25, 0.3) is 0 Å². The summed E-state index contributed by atoms with van der Waals surface area (Å²) in [6.45, 7) is 9.58. The smallest absolute Gasteiger partial charge is 0.0121 e. The quantitative estimate of drug-likeness (QED) is 0.753. The maximum absolute atomic E-state index is 5.56. The van der Waals surface area contributed by atoms with Gasteiger partial charge in [0, 0.05) is 32.2 Å². The van der Waals surface area contributed by atoms with Crippen LogP contribution in [0.5, 0.6) is 0 Å². The van der Waals surface area contributed by atoms with E-state index in [4.69, 9.17) is 5.73 Å². The zero-order chi connectivity index (χ0) is 12.1. The highest BCUT2D eigenvalue weighted by molar-refractivity contribution is 4.82. The fourth-order valence-electron chi connectivity index (χ4n) is 3.03. The van der Waals surface area contributed by atoms with Crippen LogP contribution in [-0.4, -0.2) is 80.1 Å². The van der Waals surface area contributed by atoms with Crippen molar-refractivity contribution in [3.8, 4) is 0 Å². The molecule has 0 aromatic rings. The molecule has 2 N–H and O–H groups in total. The molecule has 4 nitrogen and oxygen atoms in total. The van der Waals surface area contributed by atoms with Crippen LogP contribution >= 0.6 is 0 Å². The van der Waals surface area contributed by atoms with Crippen LogP contribution in [0.4, 0.5) is 0 Å². The largest absolute Gasteiger partial charge is 0.330 e. The molecule has 2 heterocycles. The molecule has 0 aromatic carbocycles. The molecule has 0 unspecified atom stereocenters. The Morgan fingerprint density at radius 2 is 1.65 bits per heavy atom. The molecule has 0 saturated carbocycles. The van der Waals surface area contributed by atoms with E-state index in [1.807, 2.05) is 0 Å². The Kier molecular flexibility index (Phi) is 5.22. The Bertz CT molecular complexity index is 205. The van der Waals surface area contributed by atoms with Gasteiger partial charge in [-0.2, -0.15) is 0 Å². The van der Waals surface area contributed by atoms with Gasteiger partial charge in [-0.25, -0.2) is 0 Å². The van der Waals surface area contributed by atoms with E-state index in [1.54, 1.807) is 0 Å². The number of likely N-dealkylation sites (tertiary alicyclic amines) is 1. The number of hydrogen-bond donors (Lipinski definition) is 1. The summed E-state index contributed by atoms with van der Waals surface area (Å²) in [5.74, 6) is 0. The van der Waals surface area contributed by atoms with E-state index in [0.29, 0.717) is 0 Å². The Labute approximate surface area is 106 Å². The summed E-state index contributed by atoms with van der Waals surface area (Å²) in [7, 11) is 2.24. The van der Waals surface area contributed by atoms with Crippen molar-refractivity contribution in [3.05, 3.63) is 0 Å². The summed E-state index contributed by atoms with van der Waals surface area (Å²) in [6, 6.07) is 0.850. The Hall–Kier alpha value is -0.160. The van der Waals surface area contributed by atoms with Crippen molar-refractivity contribution < 1.29 is 0 Å². The van der Waals surface area contributed by atoms with Crippen molar-refractivity contribution in [2.24, 2.45) is 5.73 Å². The second kappa shape index (κ2) is 6.69. The third-order valence-corrected chi connectivity index (χ3v) is 4.29. The number of hydrogen-bond acceptors (Lipinski definition) is 4. The minimum absolute atomic E-state index is 0.829. The van der Waals surface area contributed by atoms with Gasteiger partial charge in [-0.05, 0) is 52.5 Å². The number of nitrogens with two attached hydrogens (primary N) is 1. The molecule has 2 aliphatic heterocycles. The first kappa shape index (κ1) is 13.3. The molecule has 0 spiro atoms. The molecule has 2 fully saturated rings. The lowest BCUT2D eigenvalue weighted by Gasteiger charge is -2.42. The second-order valence-corrected chi connectivity index (χ2v) is 5.55. The van der Waals surface area contributed by atoms with E-state index in [1.165, 1.54) is 58.7 Å². The van der Waals surface area contributed by atoms with Gasteiger partial charge in [0.1, 0.15) is 0 Å². The van der Waals surface area contributed by atoms with Crippen LogP contribution in [0.15, 0.2) is 0 Å². The van der Waals surface area contributed by atoms with Crippen LogP contribution in [0.3, 0.4) is 0 Å². The van der Waals surface area contributed by atoms with Gasteiger partial charge in [-0.15, -0.1) is 0 Å². The van der Waals surface area contributed by atoms with E-state index in [0.717, 1.165) is 19.0 Å². The Balaban J connectivity index is 1.68. The molecule has 17 heavy (non-hydrogen) atoms. The molecule has 2 rings (SSSR count). The fraction of sp³-hybridized carbons (Fsp3) is 1.00. The lowest BCUT2D eigenvalue weighted by Crippen LogP contribution is -2.53. The first-order valence-electron chi connectivity index (χ1n) is 7.14. The average Bonchev–Trinajstić information content (AvgIpc) is 2.38. The SMILES string of the molecule is CN1CCC(N2CCN(CCCN)CC2)CC1. The first-order chi connectivity index (χ1) is 8.29. The third-order valence-electron chi connectivity index (χ3n) is 4.29. The van der Waals surface area contributed by atoms with Crippen molar-refractivity contribution in [2.45, 2.75) is 25.3 Å². The highest BCUT2D eigenvalue weighted by Gasteiger charge is 2.25. The summed E-state index contributed by atoms with van der Waals surface area (Å²) in [6.07, 6.45) is 3.87. The normalized spacial score (nSPS) is 26.5. The molecule has 2 saturated heterocycles. The Morgan fingerprint density at radius 3 is 2.24 bits per heavy atom. The summed E-state index contributed by atoms with van der Waals surface area (Å²) in [5.41, 5.74) is 5.56. The molecule has 4 heteroatoms. The van der Waals surface area contributed by atoms with Gasteiger partial charge >= 0.3 is 0 Å². The third kappa shape index (κ3) is 3.91. The van der Waals surface area contributed by atoms with E-state index in [9.17, 15) is 0 Å². The van der Waals surface area contributed by atoms with Crippen molar-refractivity contribution in [1.29, 1.82) is 0 Å². The van der Waals surface area contributed by atoms with Gasteiger partial charge in [-0.1, -0.05) is 0 Å². The van der Waals surface area contributed by atoms with Crippen molar-refractivity contribution in [1.82, 2.24) is 14.7 Å². The van der Waals surface area contributed by atoms with E-state index in [2.05, 4.69) is 21.7 Å². The molecule has 0 amide bonds.